The molecule has 1 fully saturated rings. The van der Waals surface area contributed by atoms with Crippen molar-refractivity contribution in [3.8, 4) is 17.6 Å². The minimum absolute atomic E-state index is 0.0806. The Kier molecular flexibility index (Phi) is 3.89. The van der Waals surface area contributed by atoms with Gasteiger partial charge in [0.05, 0.1) is 34.0 Å². The number of ether oxygens (including phenoxy) is 1. The van der Waals surface area contributed by atoms with Gasteiger partial charge in [-0.15, -0.1) is 0 Å². The molecule has 0 radical (unpaired) electrons. The third-order valence-corrected chi connectivity index (χ3v) is 5.94. The first-order chi connectivity index (χ1) is 14.0. The number of nitrogens with two attached hydrogens (primary N) is 1. The number of fused-ring (bicyclic) bond motifs is 2. The molecular weight excluding hydrogens is 388 g/mol. The van der Waals surface area contributed by atoms with Crippen LogP contribution in [0, 0.1) is 24.2 Å². The van der Waals surface area contributed by atoms with Gasteiger partial charge in [-0.2, -0.15) is 10.4 Å². The van der Waals surface area contributed by atoms with Gasteiger partial charge in [-0.3, -0.25) is 4.79 Å². The lowest BCUT2D eigenvalue weighted by Crippen LogP contribution is -2.49. The van der Waals surface area contributed by atoms with Gasteiger partial charge < -0.3 is 15.4 Å². The van der Waals surface area contributed by atoms with Gasteiger partial charge in [-0.25, -0.2) is 9.50 Å². The molecule has 29 heavy (non-hydrogen) atoms. The fourth-order valence-electron chi connectivity index (χ4n) is 3.53. The maximum Gasteiger partial charge on any atom is 0.255 e. The van der Waals surface area contributed by atoms with E-state index in [1.54, 1.807) is 27.9 Å². The second-order valence-electron chi connectivity index (χ2n) is 6.98. The van der Waals surface area contributed by atoms with Gasteiger partial charge in [-0.1, -0.05) is 11.3 Å². The molecular formula is C20H16N6O2S. The molecule has 0 unspecified atom stereocenters. The highest BCUT2D eigenvalue weighted by Gasteiger charge is 2.32. The first-order valence-corrected chi connectivity index (χ1v) is 9.85. The van der Waals surface area contributed by atoms with Crippen molar-refractivity contribution in [2.24, 2.45) is 5.92 Å². The molecule has 0 saturated carbocycles. The van der Waals surface area contributed by atoms with E-state index in [2.05, 4.69) is 16.2 Å². The standard InChI is InChI=1S/C20H16N6O2S/c1-11-14(19(27)25-8-12(7-21)9-25)10-26-18(11)16(4-5-23-26)28-13-2-3-17-15(6-13)24-20(22)29-17/h2-6,10,12H,8-9H2,1H3,(H2,22,24). The SMILES string of the molecule is Cc1c(C(=O)N2CC(C#N)C2)cn2nccc(Oc3ccc4sc(N)nc4c3)c12. The van der Waals surface area contributed by atoms with Crippen molar-refractivity contribution in [1.82, 2.24) is 19.5 Å². The molecule has 0 aliphatic carbocycles. The number of carbonyl (C=O) groups excluding carboxylic acids is 1. The van der Waals surface area contributed by atoms with E-state index in [4.69, 9.17) is 15.7 Å². The number of likely N-dealkylation sites (tertiary alicyclic amines) is 1. The maximum absolute atomic E-state index is 12.8. The number of carbonyl (C=O) groups is 1. The number of aromatic nitrogens is 3. The van der Waals surface area contributed by atoms with E-state index in [1.807, 2.05) is 25.1 Å². The predicted octanol–water partition coefficient (Wildman–Crippen LogP) is 3.22. The molecule has 1 aliphatic rings. The van der Waals surface area contributed by atoms with Crippen LogP contribution >= 0.6 is 11.3 Å². The van der Waals surface area contributed by atoms with Gasteiger partial charge in [0.2, 0.25) is 0 Å². The summed E-state index contributed by atoms with van der Waals surface area (Å²) in [5.41, 5.74) is 8.64. The molecule has 0 spiro atoms. The minimum Gasteiger partial charge on any atom is -0.455 e. The number of benzene rings is 1. The monoisotopic (exact) mass is 404 g/mol. The summed E-state index contributed by atoms with van der Waals surface area (Å²) < 4.78 is 8.76. The van der Waals surface area contributed by atoms with Crippen molar-refractivity contribution in [2.75, 3.05) is 18.8 Å². The molecule has 0 atom stereocenters. The number of amides is 1. The maximum atomic E-state index is 12.8. The second-order valence-corrected chi connectivity index (χ2v) is 8.04. The Bertz CT molecular complexity index is 1310. The molecule has 4 aromatic rings. The summed E-state index contributed by atoms with van der Waals surface area (Å²) in [6, 6.07) is 9.58. The number of thiazole rings is 1. The fourth-order valence-corrected chi connectivity index (χ4v) is 4.25. The average Bonchev–Trinajstić information content (AvgIpc) is 3.20. The smallest absolute Gasteiger partial charge is 0.255 e. The van der Waals surface area contributed by atoms with Crippen molar-refractivity contribution < 1.29 is 9.53 Å². The normalized spacial score (nSPS) is 14.1. The largest absolute Gasteiger partial charge is 0.455 e. The van der Waals surface area contributed by atoms with Crippen LogP contribution in [0.1, 0.15) is 15.9 Å². The van der Waals surface area contributed by atoms with Crippen LogP contribution in [-0.4, -0.2) is 38.5 Å². The van der Waals surface area contributed by atoms with Crippen LogP contribution in [0.4, 0.5) is 5.13 Å². The number of nitrogen functional groups attached to an aromatic ring is 1. The molecule has 1 saturated heterocycles. The highest BCUT2D eigenvalue weighted by Crippen LogP contribution is 2.33. The molecule has 0 bridgehead atoms. The Morgan fingerprint density at radius 1 is 1.38 bits per heavy atom. The number of nitrogens with zero attached hydrogens (tertiary/aromatic N) is 5. The van der Waals surface area contributed by atoms with Crippen LogP contribution in [0.25, 0.3) is 15.7 Å². The van der Waals surface area contributed by atoms with Crippen molar-refractivity contribution >= 4 is 38.1 Å². The van der Waals surface area contributed by atoms with Crippen molar-refractivity contribution in [3.05, 3.63) is 47.8 Å². The quantitative estimate of drug-likeness (QED) is 0.561. The Morgan fingerprint density at radius 2 is 2.21 bits per heavy atom. The van der Waals surface area contributed by atoms with Gasteiger partial charge in [0, 0.05) is 31.4 Å². The number of aryl methyl sites for hydroxylation is 1. The lowest BCUT2D eigenvalue weighted by atomic mass is 10.0. The Hall–Kier alpha value is -3.64. The number of rotatable bonds is 3. The van der Waals surface area contributed by atoms with E-state index < -0.39 is 0 Å². The molecule has 9 heteroatoms. The molecule has 1 aromatic carbocycles. The highest BCUT2D eigenvalue weighted by atomic mass is 32.1. The molecule has 2 N–H and O–H groups in total. The van der Waals surface area contributed by atoms with Crippen molar-refractivity contribution in [3.63, 3.8) is 0 Å². The summed E-state index contributed by atoms with van der Waals surface area (Å²) in [6.07, 6.45) is 3.34. The number of nitriles is 1. The third-order valence-electron chi connectivity index (χ3n) is 5.08. The number of hydrogen-bond donors (Lipinski definition) is 1. The van der Waals surface area contributed by atoms with E-state index >= 15 is 0 Å². The topological polar surface area (TPSA) is 110 Å². The van der Waals surface area contributed by atoms with E-state index in [-0.39, 0.29) is 11.8 Å². The van der Waals surface area contributed by atoms with Crippen LogP contribution in [0.15, 0.2) is 36.7 Å². The Balaban J connectivity index is 1.50. The lowest BCUT2D eigenvalue weighted by molar-refractivity contribution is 0.0576. The van der Waals surface area contributed by atoms with E-state index in [0.717, 1.165) is 21.3 Å². The van der Waals surface area contributed by atoms with Crippen LogP contribution in [-0.2, 0) is 0 Å². The first kappa shape index (κ1) is 17.5. The van der Waals surface area contributed by atoms with Gasteiger partial charge in [-0.05, 0) is 24.6 Å². The van der Waals surface area contributed by atoms with Gasteiger partial charge in [0.15, 0.2) is 10.9 Å². The zero-order chi connectivity index (χ0) is 20.1. The highest BCUT2D eigenvalue weighted by molar-refractivity contribution is 7.22. The zero-order valence-electron chi connectivity index (χ0n) is 15.5. The second kappa shape index (κ2) is 6.46. The van der Waals surface area contributed by atoms with Crippen LogP contribution in [0.2, 0.25) is 0 Å². The number of anilines is 1. The molecule has 8 nitrogen and oxygen atoms in total. The molecule has 1 amide bonds. The van der Waals surface area contributed by atoms with E-state index in [9.17, 15) is 4.79 Å². The fraction of sp³-hybridized carbons (Fsp3) is 0.200. The van der Waals surface area contributed by atoms with Gasteiger partial charge >= 0.3 is 0 Å². The summed E-state index contributed by atoms with van der Waals surface area (Å²) in [5.74, 6) is 1.05. The summed E-state index contributed by atoms with van der Waals surface area (Å²) in [5, 5.41) is 13.8. The summed E-state index contributed by atoms with van der Waals surface area (Å²) in [7, 11) is 0. The Labute approximate surface area is 169 Å². The van der Waals surface area contributed by atoms with Crippen molar-refractivity contribution in [2.45, 2.75) is 6.92 Å². The molecule has 3 aromatic heterocycles. The van der Waals surface area contributed by atoms with Crippen LogP contribution < -0.4 is 10.5 Å². The lowest BCUT2D eigenvalue weighted by Gasteiger charge is -2.35. The summed E-state index contributed by atoms with van der Waals surface area (Å²) in [4.78, 5) is 18.8. The number of hydrogen-bond acceptors (Lipinski definition) is 7. The summed E-state index contributed by atoms with van der Waals surface area (Å²) in [6.45, 7) is 2.81. The predicted molar refractivity (Wildman–Crippen MR) is 109 cm³/mol. The molecule has 1 aliphatic heterocycles. The molecule has 144 valence electrons. The van der Waals surface area contributed by atoms with Crippen molar-refractivity contribution in [1.29, 1.82) is 5.26 Å². The molecule has 4 heterocycles. The van der Waals surface area contributed by atoms with Gasteiger partial charge in [0.25, 0.3) is 5.91 Å². The van der Waals surface area contributed by atoms with Crippen LogP contribution in [0.5, 0.6) is 11.5 Å². The van der Waals surface area contributed by atoms with Crippen LogP contribution in [0.3, 0.4) is 0 Å². The average molecular weight is 404 g/mol. The van der Waals surface area contributed by atoms with E-state index in [1.165, 1.54) is 11.3 Å². The van der Waals surface area contributed by atoms with Gasteiger partial charge in [0.1, 0.15) is 11.3 Å². The zero-order valence-corrected chi connectivity index (χ0v) is 16.3. The summed E-state index contributed by atoms with van der Waals surface area (Å²) >= 11 is 1.43. The Morgan fingerprint density at radius 3 is 3.00 bits per heavy atom. The first-order valence-electron chi connectivity index (χ1n) is 9.03. The minimum atomic E-state index is -0.0928. The third kappa shape index (κ3) is 2.85. The molecule has 5 rings (SSSR count). The van der Waals surface area contributed by atoms with E-state index in [0.29, 0.717) is 35.3 Å².